The minimum atomic E-state index is -2.84. The molecule has 0 radical (unpaired) electrons. The third-order valence-electron chi connectivity index (χ3n) is 4.83. The molecule has 2 aliphatic rings. The van der Waals surface area contributed by atoms with E-state index in [1.54, 1.807) is 0 Å². The van der Waals surface area contributed by atoms with Gasteiger partial charge in [0.2, 0.25) is 0 Å². The Morgan fingerprint density at radius 2 is 1.90 bits per heavy atom. The zero-order chi connectivity index (χ0) is 14.9. The molecule has 1 aromatic carbocycles. The zero-order valence-electron chi connectivity index (χ0n) is 12.3. The number of sulfone groups is 1. The summed E-state index contributed by atoms with van der Waals surface area (Å²) in [6.45, 7) is 0.661. The first-order valence-corrected chi connectivity index (χ1v) is 9.53. The molecule has 0 bridgehead atoms. The summed E-state index contributed by atoms with van der Waals surface area (Å²) in [6.07, 6.45) is 5.81. The standard InChI is InChI=1S/C16H23NO3S/c17-12-16(7-2-1-3-8-16)13-5-4-6-14(9-13)20-15-10-21(18,19)11-15/h4-6,9,15H,1-3,7-8,10-12,17H2. The summed E-state index contributed by atoms with van der Waals surface area (Å²) < 4.78 is 28.2. The first-order chi connectivity index (χ1) is 10.0. The molecule has 0 atom stereocenters. The van der Waals surface area contributed by atoms with E-state index in [1.807, 2.05) is 12.1 Å². The van der Waals surface area contributed by atoms with Crippen LogP contribution in [0.5, 0.6) is 5.75 Å². The quantitative estimate of drug-likeness (QED) is 0.924. The van der Waals surface area contributed by atoms with Gasteiger partial charge in [-0.2, -0.15) is 0 Å². The smallest absolute Gasteiger partial charge is 0.157 e. The van der Waals surface area contributed by atoms with Gasteiger partial charge in [0.05, 0.1) is 11.5 Å². The first-order valence-electron chi connectivity index (χ1n) is 7.71. The van der Waals surface area contributed by atoms with Crippen molar-refractivity contribution in [1.29, 1.82) is 0 Å². The normalized spacial score (nSPS) is 24.2. The molecule has 2 fully saturated rings. The van der Waals surface area contributed by atoms with Crippen molar-refractivity contribution < 1.29 is 13.2 Å². The SMILES string of the molecule is NCC1(c2cccc(OC3CS(=O)(=O)C3)c2)CCCCC1. The molecule has 5 heteroatoms. The summed E-state index contributed by atoms with van der Waals surface area (Å²) in [7, 11) is -2.84. The molecule has 1 heterocycles. The highest BCUT2D eigenvalue weighted by atomic mass is 32.2. The topological polar surface area (TPSA) is 69.4 Å². The minimum Gasteiger partial charge on any atom is -0.488 e. The summed E-state index contributed by atoms with van der Waals surface area (Å²) >= 11 is 0. The predicted octanol–water partition coefficient (Wildman–Crippen LogP) is 2.02. The van der Waals surface area contributed by atoms with Gasteiger partial charge in [-0.15, -0.1) is 0 Å². The van der Waals surface area contributed by atoms with Crippen LogP contribution in [0.1, 0.15) is 37.7 Å². The minimum absolute atomic E-state index is 0.0727. The van der Waals surface area contributed by atoms with E-state index in [-0.39, 0.29) is 23.0 Å². The molecule has 0 aromatic heterocycles. The first kappa shape index (κ1) is 14.9. The largest absolute Gasteiger partial charge is 0.488 e. The van der Waals surface area contributed by atoms with Crippen LogP contribution in [0.2, 0.25) is 0 Å². The third-order valence-corrected chi connectivity index (χ3v) is 6.59. The number of ether oxygens (including phenoxy) is 1. The van der Waals surface area contributed by atoms with Crippen LogP contribution in [0.4, 0.5) is 0 Å². The maximum atomic E-state index is 11.2. The Hall–Kier alpha value is -1.07. The van der Waals surface area contributed by atoms with Crippen LogP contribution < -0.4 is 10.5 Å². The Labute approximate surface area is 126 Å². The number of nitrogens with two attached hydrogens (primary N) is 1. The van der Waals surface area contributed by atoms with Crippen molar-refractivity contribution in [2.24, 2.45) is 5.73 Å². The number of hydrogen-bond acceptors (Lipinski definition) is 4. The third kappa shape index (κ3) is 3.09. The molecule has 116 valence electrons. The average Bonchev–Trinajstić information content (AvgIpc) is 2.46. The summed E-state index contributed by atoms with van der Waals surface area (Å²) in [4.78, 5) is 0. The predicted molar refractivity (Wildman–Crippen MR) is 83.3 cm³/mol. The Kier molecular flexibility index (Phi) is 3.97. The Morgan fingerprint density at radius 1 is 1.19 bits per heavy atom. The molecule has 21 heavy (non-hydrogen) atoms. The fraction of sp³-hybridized carbons (Fsp3) is 0.625. The second-order valence-electron chi connectivity index (χ2n) is 6.39. The highest BCUT2D eigenvalue weighted by Gasteiger charge is 2.36. The van der Waals surface area contributed by atoms with Crippen LogP contribution in [0.25, 0.3) is 0 Å². The van der Waals surface area contributed by atoms with E-state index in [2.05, 4.69) is 12.1 Å². The summed E-state index contributed by atoms with van der Waals surface area (Å²) in [5.41, 5.74) is 7.39. The lowest BCUT2D eigenvalue weighted by Gasteiger charge is -2.37. The van der Waals surface area contributed by atoms with Crippen molar-refractivity contribution >= 4 is 9.84 Å². The van der Waals surface area contributed by atoms with Gasteiger partial charge in [-0.1, -0.05) is 31.4 Å². The summed E-state index contributed by atoms with van der Waals surface area (Å²) in [6, 6.07) is 8.08. The van der Waals surface area contributed by atoms with Crippen molar-refractivity contribution in [2.75, 3.05) is 18.1 Å². The number of hydrogen-bond donors (Lipinski definition) is 1. The van der Waals surface area contributed by atoms with Crippen molar-refractivity contribution in [3.63, 3.8) is 0 Å². The van der Waals surface area contributed by atoms with Gasteiger partial charge in [0, 0.05) is 12.0 Å². The molecule has 1 saturated heterocycles. The number of rotatable bonds is 4. The van der Waals surface area contributed by atoms with Gasteiger partial charge in [-0.25, -0.2) is 8.42 Å². The summed E-state index contributed by atoms with van der Waals surface area (Å²) in [5.74, 6) is 1.05. The van der Waals surface area contributed by atoms with Crippen LogP contribution in [0.15, 0.2) is 24.3 Å². The second-order valence-corrected chi connectivity index (χ2v) is 8.54. The molecule has 1 aromatic rings. The lowest BCUT2D eigenvalue weighted by molar-refractivity contribution is 0.228. The lowest BCUT2D eigenvalue weighted by atomic mass is 9.69. The zero-order valence-corrected chi connectivity index (χ0v) is 13.1. The van der Waals surface area contributed by atoms with E-state index in [1.165, 1.54) is 24.8 Å². The molecule has 1 aliphatic carbocycles. The van der Waals surface area contributed by atoms with Crippen LogP contribution >= 0.6 is 0 Å². The van der Waals surface area contributed by atoms with Gasteiger partial charge in [0.25, 0.3) is 0 Å². The monoisotopic (exact) mass is 309 g/mol. The molecule has 2 N–H and O–H groups in total. The van der Waals surface area contributed by atoms with Gasteiger partial charge in [-0.05, 0) is 30.5 Å². The molecule has 1 saturated carbocycles. The lowest BCUT2D eigenvalue weighted by Crippen LogP contribution is -2.45. The number of benzene rings is 1. The van der Waals surface area contributed by atoms with E-state index in [0.29, 0.717) is 6.54 Å². The molecule has 0 amide bonds. The van der Waals surface area contributed by atoms with Gasteiger partial charge >= 0.3 is 0 Å². The van der Waals surface area contributed by atoms with Gasteiger partial charge < -0.3 is 10.5 Å². The van der Waals surface area contributed by atoms with Crippen molar-refractivity contribution in [1.82, 2.24) is 0 Å². The second kappa shape index (κ2) is 5.61. The van der Waals surface area contributed by atoms with Crippen molar-refractivity contribution in [3.05, 3.63) is 29.8 Å². The van der Waals surface area contributed by atoms with Gasteiger partial charge in [0.15, 0.2) is 9.84 Å². The average molecular weight is 309 g/mol. The molecule has 4 nitrogen and oxygen atoms in total. The highest BCUT2D eigenvalue weighted by Crippen LogP contribution is 2.39. The van der Waals surface area contributed by atoms with E-state index in [4.69, 9.17) is 10.5 Å². The van der Waals surface area contributed by atoms with Gasteiger partial charge in [0.1, 0.15) is 11.9 Å². The molecular weight excluding hydrogens is 286 g/mol. The van der Waals surface area contributed by atoms with E-state index >= 15 is 0 Å². The van der Waals surface area contributed by atoms with E-state index < -0.39 is 9.84 Å². The molecule has 1 aliphatic heterocycles. The summed E-state index contributed by atoms with van der Waals surface area (Å²) in [5, 5.41) is 0. The fourth-order valence-electron chi connectivity index (χ4n) is 3.52. The fourth-order valence-corrected chi connectivity index (χ4v) is 4.69. The van der Waals surface area contributed by atoms with Crippen LogP contribution in [-0.2, 0) is 15.3 Å². The maximum Gasteiger partial charge on any atom is 0.157 e. The van der Waals surface area contributed by atoms with Crippen LogP contribution in [0, 0.1) is 0 Å². The Bertz CT molecular complexity index is 594. The van der Waals surface area contributed by atoms with Crippen molar-refractivity contribution in [2.45, 2.75) is 43.6 Å². The molecular formula is C16H23NO3S. The highest BCUT2D eigenvalue weighted by molar-refractivity contribution is 7.92. The van der Waals surface area contributed by atoms with Crippen LogP contribution in [0.3, 0.4) is 0 Å². The Balaban J connectivity index is 1.76. The molecule has 0 spiro atoms. The maximum absolute atomic E-state index is 11.2. The van der Waals surface area contributed by atoms with Crippen molar-refractivity contribution in [3.8, 4) is 5.75 Å². The van der Waals surface area contributed by atoms with E-state index in [9.17, 15) is 8.42 Å². The Morgan fingerprint density at radius 3 is 2.52 bits per heavy atom. The molecule has 0 unspecified atom stereocenters. The molecule has 3 rings (SSSR count). The van der Waals surface area contributed by atoms with E-state index in [0.717, 1.165) is 18.6 Å². The van der Waals surface area contributed by atoms with Gasteiger partial charge in [-0.3, -0.25) is 0 Å². The van der Waals surface area contributed by atoms with Crippen LogP contribution in [-0.4, -0.2) is 32.6 Å².